The molecule has 2 rings (SSSR count). The lowest BCUT2D eigenvalue weighted by Crippen LogP contribution is -2.56. The summed E-state index contributed by atoms with van der Waals surface area (Å²) in [6.07, 6.45) is 9.66. The van der Waals surface area contributed by atoms with E-state index in [1.54, 1.807) is 0 Å². The Morgan fingerprint density at radius 2 is 1.67 bits per heavy atom. The van der Waals surface area contributed by atoms with Gasteiger partial charge in [0.2, 0.25) is 0 Å². The molecular weight excluding hydrogens is 440 g/mol. The summed E-state index contributed by atoms with van der Waals surface area (Å²) in [5.74, 6) is 0.615. The minimum absolute atomic E-state index is 0.166. The van der Waals surface area contributed by atoms with E-state index in [0.717, 1.165) is 25.9 Å². The Bertz CT molecular complexity index is 656. The second kappa shape index (κ2) is 11.0. The molecule has 4 atom stereocenters. The van der Waals surface area contributed by atoms with Gasteiger partial charge in [0.1, 0.15) is 0 Å². The van der Waals surface area contributed by atoms with Crippen LogP contribution in [0.15, 0.2) is 11.6 Å². The maximum Gasteiger partial charge on any atom is 0.192 e. The van der Waals surface area contributed by atoms with E-state index in [0.29, 0.717) is 12.0 Å². The lowest BCUT2D eigenvalue weighted by Gasteiger charge is -2.58. The zero-order valence-electron chi connectivity index (χ0n) is 23.8. The summed E-state index contributed by atoms with van der Waals surface area (Å²) in [6, 6.07) is 3.66. The minimum atomic E-state index is -1.71. The zero-order valence-corrected chi connectivity index (χ0v) is 25.8. The van der Waals surface area contributed by atoms with Crippen molar-refractivity contribution in [2.75, 3.05) is 13.2 Å². The third-order valence-electron chi connectivity index (χ3n) is 10.2. The van der Waals surface area contributed by atoms with E-state index in [1.165, 1.54) is 43.0 Å². The Morgan fingerprint density at radius 3 is 2.18 bits per heavy atom. The molecule has 0 unspecified atom stereocenters. The van der Waals surface area contributed by atoms with E-state index in [-0.39, 0.29) is 22.5 Å². The number of hydrogen-bond donors (Lipinski definition) is 1. The molecule has 1 N–H and O–H groups in total. The molecule has 0 spiro atoms. The van der Waals surface area contributed by atoms with Crippen molar-refractivity contribution in [2.24, 2.45) is 16.7 Å². The smallest absolute Gasteiger partial charge is 0.192 e. The van der Waals surface area contributed by atoms with Gasteiger partial charge in [-0.3, -0.25) is 0 Å². The average molecular weight is 497 g/mol. The van der Waals surface area contributed by atoms with Gasteiger partial charge in [-0.15, -0.1) is 0 Å². The van der Waals surface area contributed by atoms with Gasteiger partial charge in [0.05, 0.1) is 12.7 Å². The number of rotatable bonds is 11. The summed E-state index contributed by atoms with van der Waals surface area (Å²) >= 11 is 0. The standard InChI is InChI=1S/C28H56O3Si2/c1-11-33(12-2,13-3)31-25-17-19-27(7)21-23(22-29)15-16-24(27)28(25,8)18-14-20-30-32(9,10)26(4,5)6/h21,24-25,29H,11-20,22H2,1-10H3/t24-,25-,27+,28+/m1/s1. The van der Waals surface area contributed by atoms with Crippen LogP contribution >= 0.6 is 0 Å². The third kappa shape index (κ3) is 6.25. The highest BCUT2D eigenvalue weighted by molar-refractivity contribution is 6.74. The Kier molecular flexibility index (Phi) is 9.75. The second-order valence-electron chi connectivity index (χ2n) is 13.2. The summed E-state index contributed by atoms with van der Waals surface area (Å²) in [5, 5.41) is 10.1. The van der Waals surface area contributed by atoms with E-state index in [9.17, 15) is 5.11 Å². The Hall–Kier alpha value is 0.0538. The third-order valence-corrected chi connectivity index (χ3v) is 19.4. The maximum absolute atomic E-state index is 9.84. The highest BCUT2D eigenvalue weighted by atomic mass is 28.4. The molecule has 0 saturated heterocycles. The van der Waals surface area contributed by atoms with E-state index >= 15 is 0 Å². The summed E-state index contributed by atoms with van der Waals surface area (Å²) < 4.78 is 13.9. The van der Waals surface area contributed by atoms with Crippen molar-refractivity contribution in [3.63, 3.8) is 0 Å². The van der Waals surface area contributed by atoms with Gasteiger partial charge in [-0.25, -0.2) is 0 Å². The van der Waals surface area contributed by atoms with Gasteiger partial charge in [0, 0.05) is 6.61 Å². The fraction of sp³-hybridized carbons (Fsp3) is 0.929. The monoisotopic (exact) mass is 496 g/mol. The maximum atomic E-state index is 9.84. The molecule has 3 nitrogen and oxygen atoms in total. The van der Waals surface area contributed by atoms with Crippen molar-refractivity contribution in [1.82, 2.24) is 0 Å². The van der Waals surface area contributed by atoms with E-state index in [4.69, 9.17) is 8.85 Å². The van der Waals surface area contributed by atoms with Gasteiger partial charge in [0.15, 0.2) is 16.6 Å². The molecular formula is C28H56O3Si2. The van der Waals surface area contributed by atoms with Crippen LogP contribution in [-0.4, -0.2) is 41.1 Å². The van der Waals surface area contributed by atoms with Crippen molar-refractivity contribution < 1.29 is 14.0 Å². The predicted molar refractivity (Wildman–Crippen MR) is 148 cm³/mol. The molecule has 2 aliphatic rings. The molecule has 1 fully saturated rings. The molecule has 0 aliphatic heterocycles. The first kappa shape index (κ1) is 29.3. The number of aliphatic hydroxyl groups is 1. The van der Waals surface area contributed by atoms with Crippen LogP contribution in [0.3, 0.4) is 0 Å². The average Bonchev–Trinajstić information content (AvgIpc) is 2.75. The zero-order chi connectivity index (χ0) is 25.1. The van der Waals surface area contributed by atoms with Crippen LogP contribution in [0.4, 0.5) is 0 Å². The largest absolute Gasteiger partial charge is 0.417 e. The van der Waals surface area contributed by atoms with E-state index < -0.39 is 16.6 Å². The summed E-state index contributed by atoms with van der Waals surface area (Å²) in [7, 11) is -3.39. The molecule has 0 aromatic carbocycles. The first-order valence-corrected chi connectivity index (χ1v) is 19.3. The van der Waals surface area contributed by atoms with Crippen LogP contribution in [0.1, 0.15) is 93.9 Å². The number of hydrogen-bond acceptors (Lipinski definition) is 3. The lowest BCUT2D eigenvalue weighted by atomic mass is 9.50. The number of allylic oxidation sites excluding steroid dienone is 1. The van der Waals surface area contributed by atoms with E-state index in [2.05, 4.69) is 74.6 Å². The molecule has 0 aromatic rings. The Morgan fingerprint density at radius 1 is 1.06 bits per heavy atom. The van der Waals surface area contributed by atoms with Gasteiger partial charge in [0.25, 0.3) is 0 Å². The van der Waals surface area contributed by atoms with Gasteiger partial charge < -0.3 is 14.0 Å². The van der Waals surface area contributed by atoms with Gasteiger partial charge in [-0.1, -0.05) is 61.5 Å². The highest BCUT2D eigenvalue weighted by Crippen LogP contribution is 2.59. The molecule has 0 heterocycles. The normalized spacial score (nSPS) is 31.3. The van der Waals surface area contributed by atoms with Crippen molar-refractivity contribution in [3.05, 3.63) is 11.6 Å². The molecule has 1 saturated carbocycles. The topological polar surface area (TPSA) is 38.7 Å². The van der Waals surface area contributed by atoms with Crippen LogP contribution in [0, 0.1) is 16.7 Å². The first-order valence-electron chi connectivity index (χ1n) is 13.9. The number of fused-ring (bicyclic) bond motifs is 1. The molecule has 33 heavy (non-hydrogen) atoms. The van der Waals surface area contributed by atoms with Crippen molar-refractivity contribution >= 4 is 16.6 Å². The van der Waals surface area contributed by atoms with Crippen molar-refractivity contribution in [3.8, 4) is 0 Å². The minimum Gasteiger partial charge on any atom is -0.417 e. The molecule has 5 heteroatoms. The van der Waals surface area contributed by atoms with Crippen LogP contribution in [0.5, 0.6) is 0 Å². The molecule has 0 bridgehead atoms. The molecule has 194 valence electrons. The molecule has 2 aliphatic carbocycles. The van der Waals surface area contributed by atoms with Gasteiger partial charge in [-0.2, -0.15) is 0 Å². The number of aliphatic hydroxyl groups excluding tert-OH is 1. The fourth-order valence-corrected chi connectivity index (χ4v) is 10.7. The van der Waals surface area contributed by atoms with Gasteiger partial charge >= 0.3 is 0 Å². The summed E-state index contributed by atoms with van der Waals surface area (Å²) in [5.41, 5.74) is 1.59. The van der Waals surface area contributed by atoms with E-state index in [1.807, 2.05) is 0 Å². The highest BCUT2D eigenvalue weighted by Gasteiger charge is 2.55. The van der Waals surface area contributed by atoms with Crippen LogP contribution < -0.4 is 0 Å². The van der Waals surface area contributed by atoms with Crippen LogP contribution in [-0.2, 0) is 8.85 Å². The second-order valence-corrected chi connectivity index (χ2v) is 22.7. The summed E-state index contributed by atoms with van der Waals surface area (Å²) in [4.78, 5) is 0. The molecule has 0 aromatic heterocycles. The fourth-order valence-electron chi connectivity index (χ4n) is 6.58. The lowest BCUT2D eigenvalue weighted by molar-refractivity contribution is -0.0945. The van der Waals surface area contributed by atoms with Crippen LogP contribution in [0.2, 0.25) is 36.3 Å². The Labute approximate surface area is 208 Å². The Balaban J connectivity index is 2.27. The SMILES string of the molecule is CC[Si](CC)(CC)O[C@@H]1CC[C@@]2(C)C=C(CO)CC[C@H]2[C@]1(C)CCCO[Si](C)(C)C(C)(C)C. The quantitative estimate of drug-likeness (QED) is 0.177. The molecule has 0 radical (unpaired) electrons. The van der Waals surface area contributed by atoms with Crippen molar-refractivity contribution in [1.29, 1.82) is 0 Å². The van der Waals surface area contributed by atoms with Crippen LogP contribution in [0.25, 0.3) is 0 Å². The first-order chi connectivity index (χ1) is 15.2. The predicted octanol–water partition coefficient (Wildman–Crippen LogP) is 8.31. The van der Waals surface area contributed by atoms with Gasteiger partial charge in [-0.05, 0) is 97.1 Å². The van der Waals surface area contributed by atoms with Crippen molar-refractivity contribution in [2.45, 2.75) is 136 Å². The summed E-state index contributed by atoms with van der Waals surface area (Å²) in [6.45, 7) is 24.9. The molecule has 0 amide bonds.